The number of alkyl halides is 3. The minimum atomic E-state index is -4.45. The van der Waals surface area contributed by atoms with Crippen molar-refractivity contribution in [2.24, 2.45) is 12.8 Å². The normalized spacial score (nSPS) is 13.5. The first-order chi connectivity index (χ1) is 9.34. The average Bonchev–Trinajstić information content (AvgIpc) is 2.78. The minimum absolute atomic E-state index is 0.0392. The standard InChI is InChI=1S/C13H15F3N4/c1-3-11-9(7-20(2)19-11)12(17)8-6-18-5-4-10(8)13(14,15)16/h4-7,12H,3,17H2,1-2H3. The SMILES string of the molecule is CCc1nn(C)cc1C(N)c1cnccc1C(F)(F)F. The zero-order valence-corrected chi connectivity index (χ0v) is 11.1. The molecule has 4 nitrogen and oxygen atoms in total. The van der Waals surface area contributed by atoms with Crippen LogP contribution in [-0.2, 0) is 19.6 Å². The summed E-state index contributed by atoms with van der Waals surface area (Å²) in [5.41, 5.74) is 6.50. The molecule has 1 atom stereocenters. The van der Waals surface area contributed by atoms with Crippen molar-refractivity contribution >= 4 is 0 Å². The predicted octanol–water partition coefficient (Wildman–Crippen LogP) is 2.44. The van der Waals surface area contributed by atoms with Gasteiger partial charge in [-0.2, -0.15) is 18.3 Å². The highest BCUT2D eigenvalue weighted by atomic mass is 19.4. The van der Waals surface area contributed by atoms with Crippen molar-refractivity contribution in [3.05, 3.63) is 47.0 Å². The van der Waals surface area contributed by atoms with Crippen LogP contribution in [-0.4, -0.2) is 14.8 Å². The molecule has 7 heteroatoms. The van der Waals surface area contributed by atoms with Gasteiger partial charge in [0.2, 0.25) is 0 Å². The summed E-state index contributed by atoms with van der Waals surface area (Å²) in [4.78, 5) is 3.76. The van der Waals surface area contributed by atoms with Crippen molar-refractivity contribution in [2.45, 2.75) is 25.6 Å². The molecule has 0 fully saturated rings. The second kappa shape index (κ2) is 5.24. The van der Waals surface area contributed by atoms with E-state index in [2.05, 4.69) is 10.1 Å². The summed E-state index contributed by atoms with van der Waals surface area (Å²) in [7, 11) is 1.71. The fourth-order valence-electron chi connectivity index (χ4n) is 2.17. The molecule has 2 heterocycles. The Kier molecular flexibility index (Phi) is 3.80. The topological polar surface area (TPSA) is 56.7 Å². The first-order valence-corrected chi connectivity index (χ1v) is 6.13. The molecular weight excluding hydrogens is 269 g/mol. The lowest BCUT2D eigenvalue weighted by molar-refractivity contribution is -0.138. The van der Waals surface area contributed by atoms with Crippen LogP contribution in [0.4, 0.5) is 13.2 Å². The van der Waals surface area contributed by atoms with Crippen molar-refractivity contribution in [3.63, 3.8) is 0 Å². The molecule has 2 aromatic rings. The van der Waals surface area contributed by atoms with E-state index in [4.69, 9.17) is 5.73 Å². The Morgan fingerprint density at radius 2 is 2.05 bits per heavy atom. The van der Waals surface area contributed by atoms with E-state index in [1.54, 1.807) is 17.9 Å². The summed E-state index contributed by atoms with van der Waals surface area (Å²) in [5, 5.41) is 4.20. The molecule has 0 aliphatic carbocycles. The van der Waals surface area contributed by atoms with Gasteiger partial charge in [-0.05, 0) is 12.5 Å². The first kappa shape index (κ1) is 14.5. The number of aromatic nitrogens is 3. The Hall–Kier alpha value is -1.89. The summed E-state index contributed by atoms with van der Waals surface area (Å²) >= 11 is 0. The molecule has 0 aromatic carbocycles. The zero-order valence-electron chi connectivity index (χ0n) is 11.1. The number of rotatable bonds is 3. The summed E-state index contributed by atoms with van der Waals surface area (Å²) < 4.78 is 40.6. The number of pyridine rings is 1. The Labute approximate surface area is 114 Å². The van der Waals surface area contributed by atoms with Gasteiger partial charge in [-0.3, -0.25) is 9.67 Å². The van der Waals surface area contributed by atoms with Gasteiger partial charge >= 0.3 is 6.18 Å². The number of nitrogens with two attached hydrogens (primary N) is 1. The van der Waals surface area contributed by atoms with Gasteiger partial charge < -0.3 is 5.73 Å². The monoisotopic (exact) mass is 284 g/mol. The largest absolute Gasteiger partial charge is 0.416 e. The van der Waals surface area contributed by atoms with Crippen LogP contribution < -0.4 is 5.73 Å². The third kappa shape index (κ3) is 2.67. The zero-order chi connectivity index (χ0) is 14.9. The van der Waals surface area contributed by atoms with E-state index in [0.717, 1.165) is 12.3 Å². The highest BCUT2D eigenvalue weighted by molar-refractivity contribution is 5.37. The van der Waals surface area contributed by atoms with Crippen LogP contribution in [0.5, 0.6) is 0 Å². The van der Waals surface area contributed by atoms with Crippen LogP contribution in [0, 0.1) is 0 Å². The van der Waals surface area contributed by atoms with Gasteiger partial charge in [0.1, 0.15) is 0 Å². The van der Waals surface area contributed by atoms with Crippen LogP contribution >= 0.6 is 0 Å². The summed E-state index contributed by atoms with van der Waals surface area (Å²) in [5.74, 6) is 0. The molecule has 2 rings (SSSR count). The van der Waals surface area contributed by atoms with Gasteiger partial charge in [-0.25, -0.2) is 0 Å². The van der Waals surface area contributed by atoms with Crippen molar-refractivity contribution in [2.75, 3.05) is 0 Å². The van der Waals surface area contributed by atoms with Crippen molar-refractivity contribution in [1.82, 2.24) is 14.8 Å². The second-order valence-electron chi connectivity index (χ2n) is 4.50. The summed E-state index contributed by atoms with van der Waals surface area (Å²) in [6, 6.07) is 0.0426. The van der Waals surface area contributed by atoms with Crippen LogP contribution in [0.1, 0.15) is 35.3 Å². The van der Waals surface area contributed by atoms with Crippen molar-refractivity contribution in [3.8, 4) is 0 Å². The maximum Gasteiger partial charge on any atom is 0.416 e. The fourth-order valence-corrected chi connectivity index (χ4v) is 2.17. The van der Waals surface area contributed by atoms with Crippen LogP contribution in [0.25, 0.3) is 0 Å². The molecule has 0 aliphatic heterocycles. The van der Waals surface area contributed by atoms with E-state index in [1.165, 1.54) is 6.20 Å². The highest BCUT2D eigenvalue weighted by Crippen LogP contribution is 2.35. The van der Waals surface area contributed by atoms with Gasteiger partial charge in [-0.15, -0.1) is 0 Å². The number of aryl methyl sites for hydroxylation is 2. The van der Waals surface area contributed by atoms with E-state index in [9.17, 15) is 13.2 Å². The van der Waals surface area contributed by atoms with E-state index in [0.29, 0.717) is 17.7 Å². The fraction of sp³-hybridized carbons (Fsp3) is 0.385. The second-order valence-corrected chi connectivity index (χ2v) is 4.50. The first-order valence-electron chi connectivity index (χ1n) is 6.13. The maximum absolute atomic E-state index is 13.0. The lowest BCUT2D eigenvalue weighted by Gasteiger charge is -2.17. The molecule has 0 amide bonds. The Balaban J connectivity index is 2.51. The molecule has 0 saturated heterocycles. The quantitative estimate of drug-likeness (QED) is 0.941. The van der Waals surface area contributed by atoms with Crippen LogP contribution in [0.15, 0.2) is 24.7 Å². The van der Waals surface area contributed by atoms with E-state index in [-0.39, 0.29) is 5.56 Å². The van der Waals surface area contributed by atoms with Gasteiger partial charge in [0.15, 0.2) is 0 Å². The lowest BCUT2D eigenvalue weighted by Crippen LogP contribution is -2.19. The van der Waals surface area contributed by atoms with E-state index < -0.39 is 17.8 Å². The highest BCUT2D eigenvalue weighted by Gasteiger charge is 2.35. The molecule has 0 saturated carbocycles. The Morgan fingerprint density at radius 3 is 2.65 bits per heavy atom. The minimum Gasteiger partial charge on any atom is -0.320 e. The van der Waals surface area contributed by atoms with E-state index in [1.807, 2.05) is 6.92 Å². The van der Waals surface area contributed by atoms with Crippen LogP contribution in [0.2, 0.25) is 0 Å². The molecular formula is C13H15F3N4. The van der Waals surface area contributed by atoms with Crippen LogP contribution in [0.3, 0.4) is 0 Å². The van der Waals surface area contributed by atoms with Crippen molar-refractivity contribution < 1.29 is 13.2 Å². The number of hydrogen-bond donors (Lipinski definition) is 1. The molecule has 0 radical (unpaired) electrons. The maximum atomic E-state index is 13.0. The number of halogens is 3. The van der Waals surface area contributed by atoms with Gasteiger partial charge in [-0.1, -0.05) is 6.92 Å². The van der Waals surface area contributed by atoms with Gasteiger partial charge in [0, 0.05) is 36.8 Å². The molecule has 20 heavy (non-hydrogen) atoms. The number of nitrogens with zero attached hydrogens (tertiary/aromatic N) is 3. The van der Waals surface area contributed by atoms with Crippen molar-refractivity contribution in [1.29, 1.82) is 0 Å². The van der Waals surface area contributed by atoms with Gasteiger partial charge in [0.25, 0.3) is 0 Å². The molecule has 1 unspecified atom stereocenters. The Bertz CT molecular complexity index is 604. The predicted molar refractivity (Wildman–Crippen MR) is 67.9 cm³/mol. The number of hydrogen-bond acceptors (Lipinski definition) is 3. The summed E-state index contributed by atoms with van der Waals surface area (Å²) in [6.45, 7) is 1.88. The third-order valence-corrected chi connectivity index (χ3v) is 3.10. The third-order valence-electron chi connectivity index (χ3n) is 3.10. The molecule has 2 aromatic heterocycles. The lowest BCUT2D eigenvalue weighted by atomic mass is 9.96. The molecule has 2 N–H and O–H groups in total. The Morgan fingerprint density at radius 1 is 1.35 bits per heavy atom. The molecule has 0 bridgehead atoms. The molecule has 0 spiro atoms. The molecule has 0 aliphatic rings. The average molecular weight is 284 g/mol. The summed E-state index contributed by atoms with van der Waals surface area (Å²) in [6.07, 6.45) is 0.0789. The molecule has 108 valence electrons. The smallest absolute Gasteiger partial charge is 0.320 e. The van der Waals surface area contributed by atoms with E-state index >= 15 is 0 Å². The van der Waals surface area contributed by atoms with Gasteiger partial charge in [0.05, 0.1) is 17.3 Å².